The second-order valence-electron chi connectivity index (χ2n) is 4.53. The Morgan fingerprint density at radius 3 is 2.39 bits per heavy atom. The van der Waals surface area contributed by atoms with E-state index >= 15 is 0 Å². The van der Waals surface area contributed by atoms with Gasteiger partial charge in [0.25, 0.3) is 0 Å². The molecule has 2 aromatic carbocycles. The van der Waals surface area contributed by atoms with Gasteiger partial charge >= 0.3 is 0 Å². The Hall–Kier alpha value is -2.17. The Morgan fingerprint density at radius 2 is 1.78 bits per heavy atom. The standard InChI is InChI=1S/C17H15Cl2NO3/c1-22-12-7-8-15(23-2)11(10-12)6-9-16(21)20-17-13(18)4-3-5-14(17)19/h3-10H,1-2H3,(H,20,21)/b9-6+. The number of rotatable bonds is 5. The van der Waals surface area contributed by atoms with Crippen LogP contribution in [0.5, 0.6) is 11.5 Å². The van der Waals surface area contributed by atoms with Gasteiger partial charge in [0.2, 0.25) is 5.91 Å². The Bertz CT molecular complexity index is 724. The maximum Gasteiger partial charge on any atom is 0.248 e. The van der Waals surface area contributed by atoms with Gasteiger partial charge in [-0.25, -0.2) is 0 Å². The molecule has 0 aliphatic rings. The van der Waals surface area contributed by atoms with E-state index in [1.165, 1.54) is 6.08 Å². The van der Waals surface area contributed by atoms with Crippen LogP contribution in [-0.4, -0.2) is 20.1 Å². The second-order valence-corrected chi connectivity index (χ2v) is 5.34. The largest absolute Gasteiger partial charge is 0.497 e. The van der Waals surface area contributed by atoms with E-state index in [4.69, 9.17) is 32.7 Å². The average Bonchev–Trinajstić information content (AvgIpc) is 2.56. The van der Waals surface area contributed by atoms with Crippen molar-refractivity contribution >= 4 is 40.9 Å². The fourth-order valence-corrected chi connectivity index (χ4v) is 2.41. The Labute approximate surface area is 144 Å². The number of hydrogen-bond acceptors (Lipinski definition) is 3. The van der Waals surface area contributed by atoms with E-state index in [2.05, 4.69) is 5.32 Å². The smallest absolute Gasteiger partial charge is 0.248 e. The summed E-state index contributed by atoms with van der Waals surface area (Å²) in [5.41, 5.74) is 1.09. The van der Waals surface area contributed by atoms with Crippen molar-refractivity contribution in [3.05, 3.63) is 58.1 Å². The van der Waals surface area contributed by atoms with Crippen LogP contribution in [0.3, 0.4) is 0 Å². The number of carbonyl (C=O) groups is 1. The molecule has 1 amide bonds. The van der Waals surface area contributed by atoms with Crippen LogP contribution in [0.25, 0.3) is 6.08 Å². The average molecular weight is 352 g/mol. The summed E-state index contributed by atoms with van der Waals surface area (Å²) in [5, 5.41) is 3.40. The molecule has 120 valence electrons. The molecular formula is C17H15Cl2NO3. The summed E-state index contributed by atoms with van der Waals surface area (Å²) in [6, 6.07) is 10.3. The molecule has 0 spiro atoms. The minimum Gasteiger partial charge on any atom is -0.497 e. The number of amides is 1. The molecule has 0 aliphatic carbocycles. The van der Waals surface area contributed by atoms with Gasteiger partial charge in [0.15, 0.2) is 0 Å². The normalized spacial score (nSPS) is 10.6. The van der Waals surface area contributed by atoms with E-state index in [-0.39, 0.29) is 5.91 Å². The number of benzene rings is 2. The minimum atomic E-state index is -0.357. The van der Waals surface area contributed by atoms with Crippen LogP contribution in [0, 0.1) is 0 Å². The lowest BCUT2D eigenvalue weighted by Crippen LogP contribution is -2.08. The van der Waals surface area contributed by atoms with Gasteiger partial charge in [-0.2, -0.15) is 0 Å². The van der Waals surface area contributed by atoms with Gasteiger partial charge < -0.3 is 14.8 Å². The molecule has 0 fully saturated rings. The van der Waals surface area contributed by atoms with Crippen molar-refractivity contribution in [2.45, 2.75) is 0 Å². The minimum absolute atomic E-state index is 0.357. The zero-order valence-electron chi connectivity index (χ0n) is 12.6. The lowest BCUT2D eigenvalue weighted by atomic mass is 10.1. The molecule has 0 heterocycles. The highest BCUT2D eigenvalue weighted by atomic mass is 35.5. The number of nitrogens with one attached hydrogen (secondary N) is 1. The fourth-order valence-electron chi connectivity index (χ4n) is 1.92. The number of halogens is 2. The molecular weight excluding hydrogens is 337 g/mol. The Kier molecular flexibility index (Phi) is 5.90. The summed E-state index contributed by atoms with van der Waals surface area (Å²) in [6.45, 7) is 0. The summed E-state index contributed by atoms with van der Waals surface area (Å²) >= 11 is 12.0. The van der Waals surface area contributed by atoms with E-state index in [0.717, 1.165) is 0 Å². The van der Waals surface area contributed by atoms with Crippen LogP contribution in [0.4, 0.5) is 5.69 Å². The van der Waals surface area contributed by atoms with Crippen molar-refractivity contribution in [2.75, 3.05) is 19.5 Å². The molecule has 0 unspecified atom stereocenters. The second kappa shape index (κ2) is 7.90. The van der Waals surface area contributed by atoms with Crippen molar-refractivity contribution in [2.24, 2.45) is 0 Å². The molecule has 0 aliphatic heterocycles. The number of ether oxygens (including phenoxy) is 2. The lowest BCUT2D eigenvalue weighted by Gasteiger charge is -2.08. The van der Waals surface area contributed by atoms with Gasteiger partial charge in [0, 0.05) is 11.6 Å². The number of para-hydroxylation sites is 1. The lowest BCUT2D eigenvalue weighted by molar-refractivity contribution is -0.111. The first kappa shape index (κ1) is 17.2. The molecule has 2 aromatic rings. The van der Waals surface area contributed by atoms with Crippen molar-refractivity contribution in [3.8, 4) is 11.5 Å². The fraction of sp³-hybridized carbons (Fsp3) is 0.118. The highest BCUT2D eigenvalue weighted by Gasteiger charge is 2.08. The molecule has 0 atom stereocenters. The molecule has 0 saturated heterocycles. The Balaban J connectivity index is 2.18. The van der Waals surface area contributed by atoms with Crippen molar-refractivity contribution < 1.29 is 14.3 Å². The van der Waals surface area contributed by atoms with Crippen molar-refractivity contribution in [3.63, 3.8) is 0 Å². The van der Waals surface area contributed by atoms with E-state index in [9.17, 15) is 4.79 Å². The van der Waals surface area contributed by atoms with E-state index in [1.54, 1.807) is 56.7 Å². The number of hydrogen-bond donors (Lipinski definition) is 1. The Morgan fingerprint density at radius 1 is 1.09 bits per heavy atom. The SMILES string of the molecule is COc1ccc(OC)c(/C=C/C(=O)Nc2c(Cl)cccc2Cl)c1. The predicted molar refractivity (Wildman–Crippen MR) is 93.7 cm³/mol. The predicted octanol–water partition coefficient (Wildman–Crippen LogP) is 4.66. The molecule has 0 aromatic heterocycles. The molecule has 0 radical (unpaired) electrons. The molecule has 23 heavy (non-hydrogen) atoms. The van der Waals surface area contributed by atoms with Gasteiger partial charge in [-0.1, -0.05) is 29.3 Å². The third-order valence-corrected chi connectivity index (χ3v) is 3.69. The topological polar surface area (TPSA) is 47.6 Å². The van der Waals surface area contributed by atoms with E-state index in [0.29, 0.717) is 32.8 Å². The van der Waals surface area contributed by atoms with E-state index in [1.807, 2.05) is 0 Å². The van der Waals surface area contributed by atoms with E-state index < -0.39 is 0 Å². The summed E-state index contributed by atoms with van der Waals surface area (Å²) in [7, 11) is 3.13. The van der Waals surface area contributed by atoms with Crippen molar-refractivity contribution in [1.29, 1.82) is 0 Å². The monoisotopic (exact) mass is 351 g/mol. The van der Waals surface area contributed by atoms with Crippen LogP contribution in [0.1, 0.15) is 5.56 Å². The quantitative estimate of drug-likeness (QED) is 0.796. The molecule has 0 bridgehead atoms. The highest BCUT2D eigenvalue weighted by molar-refractivity contribution is 6.39. The number of carbonyl (C=O) groups excluding carboxylic acids is 1. The first-order valence-electron chi connectivity index (χ1n) is 6.70. The zero-order chi connectivity index (χ0) is 16.8. The highest BCUT2D eigenvalue weighted by Crippen LogP contribution is 2.30. The van der Waals surface area contributed by atoms with Crippen LogP contribution in [0.2, 0.25) is 10.0 Å². The molecule has 4 nitrogen and oxygen atoms in total. The first-order chi connectivity index (χ1) is 11.0. The third kappa shape index (κ3) is 4.41. The van der Waals surface area contributed by atoms with Crippen LogP contribution < -0.4 is 14.8 Å². The molecule has 2 rings (SSSR count). The van der Waals surface area contributed by atoms with Gasteiger partial charge in [-0.3, -0.25) is 4.79 Å². The summed E-state index contributed by atoms with van der Waals surface area (Å²) < 4.78 is 10.4. The molecule has 0 saturated carbocycles. The van der Waals surface area contributed by atoms with Crippen LogP contribution in [0.15, 0.2) is 42.5 Å². The van der Waals surface area contributed by atoms with Crippen molar-refractivity contribution in [1.82, 2.24) is 0 Å². The molecule has 6 heteroatoms. The van der Waals surface area contributed by atoms with Gasteiger partial charge in [-0.05, 0) is 36.4 Å². The number of methoxy groups -OCH3 is 2. The summed E-state index contributed by atoms with van der Waals surface area (Å²) in [4.78, 5) is 12.1. The van der Waals surface area contributed by atoms with Crippen LogP contribution in [-0.2, 0) is 4.79 Å². The van der Waals surface area contributed by atoms with Crippen LogP contribution >= 0.6 is 23.2 Å². The summed E-state index contributed by atoms with van der Waals surface area (Å²) in [6.07, 6.45) is 3.00. The maximum atomic E-state index is 12.1. The van der Waals surface area contributed by atoms with Gasteiger partial charge in [0.05, 0.1) is 30.0 Å². The molecule has 1 N–H and O–H groups in total. The zero-order valence-corrected chi connectivity index (χ0v) is 14.1. The maximum absolute atomic E-state index is 12.1. The van der Waals surface area contributed by atoms with Gasteiger partial charge in [-0.15, -0.1) is 0 Å². The number of anilines is 1. The first-order valence-corrected chi connectivity index (χ1v) is 7.46. The van der Waals surface area contributed by atoms with Gasteiger partial charge in [0.1, 0.15) is 11.5 Å². The third-order valence-electron chi connectivity index (χ3n) is 3.06. The summed E-state index contributed by atoms with van der Waals surface area (Å²) in [5.74, 6) is 0.940.